The number of hydrogen-bond donors (Lipinski definition) is 0. The van der Waals surface area contributed by atoms with E-state index in [4.69, 9.17) is 0 Å². The molecule has 2 aromatic rings. The van der Waals surface area contributed by atoms with E-state index in [1.165, 1.54) is 6.33 Å². The van der Waals surface area contributed by atoms with E-state index < -0.39 is 0 Å². The van der Waals surface area contributed by atoms with Crippen LogP contribution in [0.3, 0.4) is 0 Å². The molecule has 0 atom stereocenters. The van der Waals surface area contributed by atoms with Gasteiger partial charge in [-0.05, 0) is 19.2 Å². The molecule has 66 valence electrons. The Hall–Kier alpha value is -1.84. The Kier molecular flexibility index (Phi) is 1.96. The molecule has 1 aromatic carbocycles. The minimum absolute atomic E-state index is 0.851. The van der Waals surface area contributed by atoms with E-state index >= 15 is 0 Å². The molecule has 2 rings (SSSR count). The van der Waals surface area contributed by atoms with Gasteiger partial charge in [-0.1, -0.05) is 0 Å². The van der Waals surface area contributed by atoms with Gasteiger partial charge in [-0.25, -0.2) is 9.67 Å². The highest BCUT2D eigenvalue weighted by molar-refractivity contribution is 5.35. The number of ether oxygens (including phenoxy) is 1. The van der Waals surface area contributed by atoms with Crippen molar-refractivity contribution in [3.8, 4) is 11.4 Å². The minimum Gasteiger partial charge on any atom is -0.722 e. The molecule has 0 aliphatic carbocycles. The van der Waals surface area contributed by atoms with Crippen LogP contribution in [0.1, 0.15) is 0 Å². The maximum Gasteiger partial charge on any atom is 0.226 e. The van der Waals surface area contributed by atoms with Crippen LogP contribution in [0.15, 0.2) is 36.9 Å². The summed E-state index contributed by atoms with van der Waals surface area (Å²) in [7, 11) is 3.44. The van der Waals surface area contributed by atoms with Crippen LogP contribution in [0.5, 0.6) is 5.75 Å². The van der Waals surface area contributed by atoms with Crippen LogP contribution in [0.25, 0.3) is 5.69 Å². The second-order valence-corrected chi connectivity index (χ2v) is 2.51. The molecule has 0 saturated heterocycles. The van der Waals surface area contributed by atoms with Crippen LogP contribution in [0.4, 0.5) is 0 Å². The molecule has 0 aliphatic heterocycles. The molecule has 0 bridgehead atoms. The number of aliphatic hydroxyl groups is 1. The third-order valence-corrected chi connectivity index (χ3v) is 1.72. The second-order valence-electron chi connectivity index (χ2n) is 2.51. The van der Waals surface area contributed by atoms with Gasteiger partial charge in [-0.3, -0.25) is 0 Å². The number of hydrogen-bond acceptors (Lipinski definition) is 2. The summed E-state index contributed by atoms with van der Waals surface area (Å²) in [4.78, 5) is 3.86. The Morgan fingerprint density at radius 3 is 2.54 bits per heavy atom. The smallest absolute Gasteiger partial charge is 0.226 e. The Morgan fingerprint density at radius 2 is 2.00 bits per heavy atom. The zero-order valence-corrected chi connectivity index (χ0v) is 6.96. The van der Waals surface area contributed by atoms with Gasteiger partial charge in [0.2, 0.25) is 5.75 Å². The normalized spacial score (nSPS) is 9.92. The lowest BCUT2D eigenvalue weighted by Gasteiger charge is -2.03. The lowest BCUT2D eigenvalue weighted by Crippen LogP contribution is -1.93. The lowest BCUT2D eigenvalue weighted by molar-refractivity contribution is 0.186. The Bertz CT molecular complexity index is 366. The standard InChI is InChI=1S/C9H9N3O/c1-13-9-4-2-8(3-5-9)12-7-10-6-11-12/h2-7,13H,1H2. The van der Waals surface area contributed by atoms with E-state index in [1.807, 2.05) is 24.3 Å². The number of aromatic hydroxyl groups is 1. The van der Waals surface area contributed by atoms with E-state index in [2.05, 4.69) is 21.9 Å². The summed E-state index contributed by atoms with van der Waals surface area (Å²) >= 11 is 0. The van der Waals surface area contributed by atoms with Crippen LogP contribution >= 0.6 is 0 Å². The van der Waals surface area contributed by atoms with Crippen molar-refractivity contribution >= 4 is 0 Å². The molecule has 1 N–H and O–H groups in total. The van der Waals surface area contributed by atoms with E-state index in [-0.39, 0.29) is 0 Å². The highest BCUT2D eigenvalue weighted by Crippen LogP contribution is 2.14. The highest BCUT2D eigenvalue weighted by Gasteiger charge is 1.97. The van der Waals surface area contributed by atoms with Gasteiger partial charge in [0.05, 0.1) is 5.69 Å². The van der Waals surface area contributed by atoms with Crippen molar-refractivity contribution < 1.29 is 4.74 Å². The number of rotatable bonds is 2. The third-order valence-electron chi connectivity index (χ3n) is 1.72. The van der Waals surface area contributed by atoms with Crippen LogP contribution in [-0.2, 0) is 0 Å². The molecule has 0 spiro atoms. The maximum atomic E-state index is 4.00. The summed E-state index contributed by atoms with van der Waals surface area (Å²) < 4.78 is 5.49. The van der Waals surface area contributed by atoms with Gasteiger partial charge >= 0.3 is 0 Å². The SMILES string of the molecule is [CH2-][OH+]c1ccc(-n2cncn2)cc1. The molecule has 0 unspecified atom stereocenters. The molecule has 0 saturated carbocycles. The first-order chi connectivity index (χ1) is 6.40. The van der Waals surface area contributed by atoms with Gasteiger partial charge in [0.25, 0.3) is 0 Å². The first-order valence-electron chi connectivity index (χ1n) is 3.82. The zero-order chi connectivity index (χ0) is 9.10. The fourth-order valence-corrected chi connectivity index (χ4v) is 1.05. The van der Waals surface area contributed by atoms with Crippen molar-refractivity contribution in [2.75, 3.05) is 0 Å². The van der Waals surface area contributed by atoms with Gasteiger partial charge < -0.3 is 4.74 Å². The van der Waals surface area contributed by atoms with Crippen LogP contribution in [0.2, 0.25) is 0 Å². The number of aromatic nitrogens is 3. The minimum atomic E-state index is 0.851. The second kappa shape index (κ2) is 3.26. The summed E-state index contributed by atoms with van der Waals surface area (Å²) in [5, 5.41) is 4.00. The molecular formula is C9H9N3O. The average Bonchev–Trinajstić information content (AvgIpc) is 2.71. The monoisotopic (exact) mass is 175 g/mol. The molecule has 0 fully saturated rings. The van der Waals surface area contributed by atoms with Gasteiger partial charge in [0.1, 0.15) is 12.7 Å². The first-order valence-corrected chi connectivity index (χ1v) is 3.82. The van der Waals surface area contributed by atoms with Crippen molar-refractivity contribution in [1.29, 1.82) is 0 Å². The predicted molar refractivity (Wildman–Crippen MR) is 48.4 cm³/mol. The summed E-state index contributed by atoms with van der Waals surface area (Å²) in [6.07, 6.45) is 3.15. The van der Waals surface area contributed by atoms with Gasteiger partial charge in [-0.2, -0.15) is 5.10 Å². The molecule has 4 nitrogen and oxygen atoms in total. The maximum absolute atomic E-state index is 4.00. The van der Waals surface area contributed by atoms with Crippen molar-refractivity contribution in [1.82, 2.24) is 14.8 Å². The molecule has 0 radical (unpaired) electrons. The van der Waals surface area contributed by atoms with E-state index in [9.17, 15) is 0 Å². The predicted octanol–water partition coefficient (Wildman–Crippen LogP) is 1.30. The molecule has 1 aromatic heterocycles. The van der Waals surface area contributed by atoms with Gasteiger partial charge in [0.15, 0.2) is 0 Å². The molecule has 1 heterocycles. The largest absolute Gasteiger partial charge is 0.722 e. The highest BCUT2D eigenvalue weighted by atomic mass is 16.5. The molecule has 4 heteroatoms. The zero-order valence-electron chi connectivity index (χ0n) is 6.96. The quantitative estimate of drug-likeness (QED) is 0.510. The summed E-state index contributed by atoms with van der Waals surface area (Å²) in [6.45, 7) is 0. The van der Waals surface area contributed by atoms with E-state index in [0.717, 1.165) is 11.4 Å². The molecule has 0 amide bonds. The van der Waals surface area contributed by atoms with Crippen molar-refractivity contribution in [2.24, 2.45) is 0 Å². The Labute approximate surface area is 75.8 Å². The summed E-state index contributed by atoms with van der Waals surface area (Å²) in [5.41, 5.74) is 0.963. The molecule has 0 aliphatic rings. The van der Waals surface area contributed by atoms with Crippen molar-refractivity contribution in [2.45, 2.75) is 0 Å². The Balaban J connectivity index is 2.33. The summed E-state index contributed by atoms with van der Waals surface area (Å²) in [6, 6.07) is 7.59. The topological polar surface area (TPSA) is 43.5 Å². The van der Waals surface area contributed by atoms with Crippen LogP contribution in [-0.4, -0.2) is 19.5 Å². The molecule has 13 heavy (non-hydrogen) atoms. The van der Waals surface area contributed by atoms with Crippen molar-refractivity contribution in [3.05, 3.63) is 44.0 Å². The average molecular weight is 175 g/mol. The van der Waals surface area contributed by atoms with Crippen LogP contribution < -0.4 is 0 Å². The first kappa shape index (κ1) is 7.79. The van der Waals surface area contributed by atoms with Gasteiger partial charge in [0, 0.05) is 12.1 Å². The number of benzene rings is 1. The summed E-state index contributed by atoms with van der Waals surface area (Å²) in [5.74, 6) is 0.851. The van der Waals surface area contributed by atoms with Crippen molar-refractivity contribution in [3.63, 3.8) is 0 Å². The fraction of sp³-hybridized carbons (Fsp3) is 0. The van der Waals surface area contributed by atoms with Crippen LogP contribution in [0, 0.1) is 7.11 Å². The molecular weight excluding hydrogens is 166 g/mol. The Morgan fingerprint density at radius 1 is 1.23 bits per heavy atom. The number of nitrogens with zero attached hydrogens (tertiary/aromatic N) is 3. The van der Waals surface area contributed by atoms with E-state index in [1.54, 1.807) is 11.0 Å². The van der Waals surface area contributed by atoms with Gasteiger partial charge in [-0.15, -0.1) is 0 Å². The fourth-order valence-electron chi connectivity index (χ4n) is 1.05. The van der Waals surface area contributed by atoms with E-state index in [0.29, 0.717) is 0 Å². The third kappa shape index (κ3) is 1.51. The lowest BCUT2D eigenvalue weighted by atomic mass is 10.3.